The van der Waals surface area contributed by atoms with E-state index in [0.717, 1.165) is 18.8 Å². The lowest BCUT2D eigenvalue weighted by Crippen LogP contribution is -2.60. The van der Waals surface area contributed by atoms with Crippen molar-refractivity contribution in [1.29, 1.82) is 0 Å². The van der Waals surface area contributed by atoms with Gasteiger partial charge in [0, 0.05) is 44.6 Å². The zero-order valence-corrected chi connectivity index (χ0v) is 25.9. The minimum atomic E-state index is -1.14. The maximum Gasteiger partial charge on any atom is 0.253 e. The molecule has 1 spiro atoms. The highest BCUT2D eigenvalue weighted by molar-refractivity contribution is 6.05. The fourth-order valence-corrected chi connectivity index (χ4v) is 7.39. The number of rotatable bonds is 14. The molecule has 0 saturated carbocycles. The first-order valence-electron chi connectivity index (χ1n) is 15.4. The van der Waals surface area contributed by atoms with Crippen LogP contribution in [0.1, 0.15) is 47.0 Å². The normalized spacial score (nSPS) is 27.4. The summed E-state index contributed by atoms with van der Waals surface area (Å²) in [6.45, 7) is 17.9. The van der Waals surface area contributed by atoms with E-state index in [0.29, 0.717) is 31.5 Å². The molecule has 3 aliphatic heterocycles. The van der Waals surface area contributed by atoms with Crippen molar-refractivity contribution in [2.75, 3.05) is 49.6 Å². The van der Waals surface area contributed by atoms with E-state index in [4.69, 9.17) is 4.74 Å². The van der Waals surface area contributed by atoms with Gasteiger partial charge in [-0.2, -0.15) is 0 Å². The maximum absolute atomic E-state index is 14.8. The van der Waals surface area contributed by atoms with Gasteiger partial charge in [0.15, 0.2) is 0 Å². The van der Waals surface area contributed by atoms with E-state index in [1.165, 1.54) is 0 Å². The Bertz CT molecular complexity index is 1170. The molecule has 3 aliphatic rings. The van der Waals surface area contributed by atoms with Crippen LogP contribution in [0.2, 0.25) is 0 Å². The van der Waals surface area contributed by atoms with Gasteiger partial charge in [-0.15, -0.1) is 13.2 Å². The first-order chi connectivity index (χ1) is 20.1. The van der Waals surface area contributed by atoms with E-state index in [1.54, 1.807) is 33.9 Å². The van der Waals surface area contributed by atoms with Crippen molar-refractivity contribution >= 4 is 29.1 Å². The average molecular weight is 581 g/mol. The second-order valence-corrected chi connectivity index (χ2v) is 11.9. The highest BCUT2D eigenvalue weighted by atomic mass is 16.5. The molecule has 3 amide bonds. The van der Waals surface area contributed by atoms with Gasteiger partial charge in [0.2, 0.25) is 11.8 Å². The molecule has 0 radical (unpaired) electrons. The summed E-state index contributed by atoms with van der Waals surface area (Å²) in [5.41, 5.74) is 0.610. The SMILES string of the molecule is C=CCN(C)C(=O)[C@@H]1[C@@H]2CCC3(O2)C(C(=O)N(CC=C)c2ccc(N(CC)CC)cc2)N([C@@H](CO)[C@@H](C)CC)C(=O)[C@H]13. The van der Waals surface area contributed by atoms with Gasteiger partial charge in [-0.25, -0.2) is 0 Å². The highest BCUT2D eigenvalue weighted by Crippen LogP contribution is 2.59. The number of benzene rings is 1. The van der Waals surface area contributed by atoms with Gasteiger partial charge in [0.05, 0.1) is 30.6 Å². The topological polar surface area (TPSA) is 93.6 Å². The first-order valence-corrected chi connectivity index (χ1v) is 15.4. The number of anilines is 2. The molecule has 1 aromatic carbocycles. The third-order valence-electron chi connectivity index (χ3n) is 9.75. The summed E-state index contributed by atoms with van der Waals surface area (Å²) in [7, 11) is 1.70. The summed E-state index contributed by atoms with van der Waals surface area (Å²) in [6.07, 6.45) is 4.69. The van der Waals surface area contributed by atoms with E-state index in [1.807, 2.05) is 38.1 Å². The lowest BCUT2D eigenvalue weighted by Gasteiger charge is -2.41. The minimum Gasteiger partial charge on any atom is -0.394 e. The first kappa shape index (κ1) is 31.8. The predicted molar refractivity (Wildman–Crippen MR) is 165 cm³/mol. The van der Waals surface area contributed by atoms with Crippen LogP contribution in [0.3, 0.4) is 0 Å². The Kier molecular flexibility index (Phi) is 9.83. The molecule has 3 heterocycles. The monoisotopic (exact) mass is 580 g/mol. The Morgan fingerprint density at radius 3 is 2.26 bits per heavy atom. The number of carbonyl (C=O) groups excluding carboxylic acids is 3. The van der Waals surface area contributed by atoms with Crippen molar-refractivity contribution in [3.63, 3.8) is 0 Å². The zero-order chi connectivity index (χ0) is 30.8. The number of hydrogen-bond acceptors (Lipinski definition) is 6. The fourth-order valence-electron chi connectivity index (χ4n) is 7.39. The maximum atomic E-state index is 14.8. The number of carbonyl (C=O) groups is 3. The van der Waals surface area contributed by atoms with Gasteiger partial charge in [0.25, 0.3) is 5.91 Å². The van der Waals surface area contributed by atoms with E-state index in [9.17, 15) is 19.5 Å². The number of amides is 3. The average Bonchev–Trinajstić information content (AvgIpc) is 3.64. The molecule has 9 nitrogen and oxygen atoms in total. The standard InChI is InChI=1S/C33H48N4O5/c1-8-19-34(7)30(39)27-26-17-18-33(42-26)28(27)31(40)37(25(21-38)22(6)10-3)29(33)32(41)36(20-9-2)24-15-13-23(14-16-24)35(11-4)12-5/h8-9,13-16,22,25-29,38H,1-2,10-12,17-21H2,3-7H3/t22-,25-,26-,27+,28-,29?,33?/m0/s1. The fraction of sp³-hybridized carbons (Fsp3) is 0.606. The van der Waals surface area contributed by atoms with Gasteiger partial charge in [-0.05, 0) is 56.9 Å². The predicted octanol–water partition coefficient (Wildman–Crippen LogP) is 3.48. The Morgan fingerprint density at radius 2 is 1.71 bits per heavy atom. The van der Waals surface area contributed by atoms with Crippen LogP contribution in [0.4, 0.5) is 11.4 Å². The number of aliphatic hydroxyl groups is 1. The molecular formula is C33H48N4O5. The number of likely N-dealkylation sites (tertiary alicyclic amines) is 1. The molecule has 2 bridgehead atoms. The smallest absolute Gasteiger partial charge is 0.253 e. The number of nitrogens with zero attached hydrogens (tertiary/aromatic N) is 4. The molecule has 1 aromatic rings. The third-order valence-corrected chi connectivity index (χ3v) is 9.75. The summed E-state index contributed by atoms with van der Waals surface area (Å²) in [4.78, 5) is 50.0. The molecule has 230 valence electrons. The van der Waals surface area contributed by atoms with Crippen LogP contribution < -0.4 is 9.80 Å². The van der Waals surface area contributed by atoms with Crippen LogP contribution in [0.25, 0.3) is 0 Å². The van der Waals surface area contributed by atoms with Crippen molar-refractivity contribution in [1.82, 2.24) is 9.80 Å². The van der Waals surface area contributed by atoms with E-state index in [-0.39, 0.29) is 36.8 Å². The molecule has 2 unspecified atom stereocenters. The van der Waals surface area contributed by atoms with Gasteiger partial charge >= 0.3 is 0 Å². The summed E-state index contributed by atoms with van der Waals surface area (Å²) in [5, 5.41) is 10.6. The molecule has 3 fully saturated rings. The van der Waals surface area contributed by atoms with Gasteiger partial charge < -0.3 is 29.4 Å². The van der Waals surface area contributed by atoms with Crippen LogP contribution in [0.5, 0.6) is 0 Å². The quantitative estimate of drug-likeness (QED) is 0.339. The van der Waals surface area contributed by atoms with Crippen LogP contribution >= 0.6 is 0 Å². The zero-order valence-electron chi connectivity index (χ0n) is 25.9. The van der Waals surface area contributed by atoms with Gasteiger partial charge in [-0.1, -0.05) is 32.4 Å². The second kappa shape index (κ2) is 13.0. The Hall–Kier alpha value is -3.17. The molecule has 7 atom stereocenters. The van der Waals surface area contributed by atoms with E-state index in [2.05, 4.69) is 31.9 Å². The van der Waals surface area contributed by atoms with E-state index >= 15 is 0 Å². The molecule has 9 heteroatoms. The molecule has 42 heavy (non-hydrogen) atoms. The summed E-state index contributed by atoms with van der Waals surface area (Å²) < 4.78 is 6.63. The molecular weight excluding hydrogens is 532 g/mol. The Balaban J connectivity index is 1.80. The third kappa shape index (κ3) is 5.15. The van der Waals surface area contributed by atoms with E-state index < -0.39 is 35.6 Å². The molecule has 0 aliphatic carbocycles. The van der Waals surface area contributed by atoms with Crippen LogP contribution in [0.15, 0.2) is 49.6 Å². The van der Waals surface area contributed by atoms with Crippen molar-refractivity contribution in [3.05, 3.63) is 49.6 Å². The number of likely N-dealkylation sites (N-methyl/N-ethyl adjacent to an activating group) is 1. The highest BCUT2D eigenvalue weighted by Gasteiger charge is 2.75. The second-order valence-electron chi connectivity index (χ2n) is 11.9. The number of ether oxygens (including phenoxy) is 1. The number of hydrogen-bond donors (Lipinski definition) is 1. The lowest BCUT2D eigenvalue weighted by molar-refractivity contribution is -0.148. The van der Waals surface area contributed by atoms with Crippen molar-refractivity contribution < 1.29 is 24.2 Å². The van der Waals surface area contributed by atoms with Crippen LogP contribution in [-0.4, -0.2) is 96.3 Å². The van der Waals surface area contributed by atoms with Crippen LogP contribution in [0, 0.1) is 17.8 Å². The van der Waals surface area contributed by atoms with Gasteiger partial charge in [-0.3, -0.25) is 14.4 Å². The molecule has 3 saturated heterocycles. The minimum absolute atomic E-state index is 0.0690. The summed E-state index contributed by atoms with van der Waals surface area (Å²) in [5.74, 6) is -2.29. The largest absolute Gasteiger partial charge is 0.394 e. The molecule has 0 aromatic heterocycles. The summed E-state index contributed by atoms with van der Waals surface area (Å²) in [6, 6.07) is 6.29. The van der Waals surface area contributed by atoms with Crippen molar-refractivity contribution in [3.8, 4) is 0 Å². The molecule has 1 N–H and O–H groups in total. The van der Waals surface area contributed by atoms with Crippen LogP contribution in [-0.2, 0) is 19.1 Å². The summed E-state index contributed by atoms with van der Waals surface area (Å²) >= 11 is 0. The van der Waals surface area contributed by atoms with Crippen molar-refractivity contribution in [2.24, 2.45) is 17.8 Å². The Labute approximate surface area is 250 Å². The lowest BCUT2D eigenvalue weighted by atomic mass is 9.70. The number of aliphatic hydroxyl groups excluding tert-OH is 1. The van der Waals surface area contributed by atoms with Gasteiger partial charge in [0.1, 0.15) is 11.6 Å². The number of fused-ring (bicyclic) bond motifs is 1. The van der Waals surface area contributed by atoms with Crippen molar-refractivity contribution in [2.45, 2.75) is 70.7 Å². The molecule has 4 rings (SSSR count). The Morgan fingerprint density at radius 1 is 1.10 bits per heavy atom.